The lowest BCUT2D eigenvalue weighted by molar-refractivity contribution is -0.385. The molecular formula is C26H25N5O4S. The average molecular weight is 504 g/mol. The number of nitrogens with one attached hydrogen (secondary N) is 2. The lowest BCUT2D eigenvalue weighted by Gasteiger charge is -2.36. The van der Waals surface area contributed by atoms with E-state index >= 15 is 0 Å². The summed E-state index contributed by atoms with van der Waals surface area (Å²) < 4.78 is 0. The molecule has 0 radical (unpaired) electrons. The molecule has 4 rings (SSSR count). The van der Waals surface area contributed by atoms with E-state index in [1.807, 2.05) is 60.4 Å². The molecule has 0 aliphatic carbocycles. The van der Waals surface area contributed by atoms with Gasteiger partial charge in [0.15, 0.2) is 5.11 Å². The molecule has 2 N–H and O–H groups in total. The number of hydrogen-bond acceptors (Lipinski definition) is 6. The SMILES string of the molecule is Cc1ccccc1C(=O)N1CCN(c2ccc(NC(=S)NC(=O)c3ccccc3[N+](=O)[O-])cc2)CC1. The fourth-order valence-electron chi connectivity index (χ4n) is 4.06. The first kappa shape index (κ1) is 24.8. The van der Waals surface area contributed by atoms with Gasteiger partial charge in [-0.15, -0.1) is 0 Å². The van der Waals surface area contributed by atoms with Crippen LogP contribution in [0.5, 0.6) is 0 Å². The van der Waals surface area contributed by atoms with Crippen LogP contribution >= 0.6 is 12.2 Å². The lowest BCUT2D eigenvalue weighted by atomic mass is 10.1. The van der Waals surface area contributed by atoms with Gasteiger partial charge < -0.3 is 15.1 Å². The van der Waals surface area contributed by atoms with Gasteiger partial charge in [0.25, 0.3) is 17.5 Å². The minimum absolute atomic E-state index is 0.0363. The van der Waals surface area contributed by atoms with Crippen molar-refractivity contribution in [3.05, 3.63) is 99.6 Å². The molecule has 0 atom stereocenters. The molecular weight excluding hydrogens is 478 g/mol. The first-order valence-corrected chi connectivity index (χ1v) is 11.8. The third-order valence-electron chi connectivity index (χ3n) is 6.01. The highest BCUT2D eigenvalue weighted by Crippen LogP contribution is 2.21. The normalized spacial score (nSPS) is 13.1. The van der Waals surface area contributed by atoms with E-state index in [1.54, 1.807) is 6.07 Å². The Hall–Kier alpha value is -4.31. The molecule has 10 heteroatoms. The van der Waals surface area contributed by atoms with Crippen LogP contribution in [0.25, 0.3) is 0 Å². The second kappa shape index (κ2) is 11.0. The van der Waals surface area contributed by atoms with Crippen LogP contribution in [-0.2, 0) is 0 Å². The number of carbonyl (C=O) groups excluding carboxylic acids is 2. The molecule has 0 saturated carbocycles. The number of nitrogens with zero attached hydrogens (tertiary/aromatic N) is 3. The molecule has 0 spiro atoms. The molecule has 1 heterocycles. The van der Waals surface area contributed by atoms with E-state index in [-0.39, 0.29) is 22.3 Å². The first-order chi connectivity index (χ1) is 17.3. The van der Waals surface area contributed by atoms with E-state index in [1.165, 1.54) is 18.2 Å². The van der Waals surface area contributed by atoms with Crippen LogP contribution in [0.4, 0.5) is 17.1 Å². The zero-order valence-corrected chi connectivity index (χ0v) is 20.5. The van der Waals surface area contributed by atoms with E-state index in [0.717, 1.165) is 16.8 Å². The van der Waals surface area contributed by atoms with Crippen molar-refractivity contribution < 1.29 is 14.5 Å². The standard InChI is InChI=1S/C26H25N5O4S/c1-18-6-2-3-7-21(18)25(33)30-16-14-29(15-17-30)20-12-10-19(11-13-20)27-26(36)28-24(32)22-8-4-5-9-23(22)31(34)35/h2-13H,14-17H2,1H3,(H2,27,28,32,36). The fraction of sp³-hybridized carbons (Fsp3) is 0.192. The summed E-state index contributed by atoms with van der Waals surface area (Å²) in [6.45, 7) is 4.65. The smallest absolute Gasteiger partial charge is 0.282 e. The van der Waals surface area contributed by atoms with E-state index in [4.69, 9.17) is 12.2 Å². The first-order valence-electron chi connectivity index (χ1n) is 11.4. The maximum atomic E-state index is 12.9. The largest absolute Gasteiger partial charge is 0.368 e. The van der Waals surface area contributed by atoms with Gasteiger partial charge in [-0.25, -0.2) is 0 Å². The van der Waals surface area contributed by atoms with Crippen molar-refractivity contribution in [1.82, 2.24) is 10.2 Å². The van der Waals surface area contributed by atoms with Gasteiger partial charge in [-0.1, -0.05) is 30.3 Å². The summed E-state index contributed by atoms with van der Waals surface area (Å²) in [4.78, 5) is 39.9. The molecule has 36 heavy (non-hydrogen) atoms. The lowest BCUT2D eigenvalue weighted by Crippen LogP contribution is -2.48. The van der Waals surface area contributed by atoms with Gasteiger partial charge in [0.1, 0.15) is 5.56 Å². The topological polar surface area (TPSA) is 108 Å². The van der Waals surface area contributed by atoms with Gasteiger partial charge >= 0.3 is 0 Å². The van der Waals surface area contributed by atoms with E-state index in [9.17, 15) is 19.7 Å². The number of rotatable bonds is 5. The van der Waals surface area contributed by atoms with E-state index in [0.29, 0.717) is 31.9 Å². The van der Waals surface area contributed by atoms with Gasteiger partial charge in [-0.05, 0) is 61.1 Å². The molecule has 184 valence electrons. The molecule has 0 unspecified atom stereocenters. The Kier molecular flexibility index (Phi) is 7.55. The van der Waals surface area contributed by atoms with Crippen LogP contribution in [0.3, 0.4) is 0 Å². The molecule has 9 nitrogen and oxygen atoms in total. The summed E-state index contributed by atoms with van der Waals surface area (Å²) in [6.07, 6.45) is 0. The summed E-state index contributed by atoms with van der Waals surface area (Å²) in [7, 11) is 0. The summed E-state index contributed by atoms with van der Waals surface area (Å²) >= 11 is 5.21. The van der Waals surface area contributed by atoms with Gasteiger partial charge in [-0.3, -0.25) is 25.0 Å². The number of benzene rings is 3. The van der Waals surface area contributed by atoms with Gasteiger partial charge in [-0.2, -0.15) is 0 Å². The molecule has 0 aromatic heterocycles. The zero-order chi connectivity index (χ0) is 25.7. The molecule has 1 fully saturated rings. The number of piperazine rings is 1. The van der Waals surface area contributed by atoms with Crippen molar-refractivity contribution in [2.24, 2.45) is 0 Å². The van der Waals surface area contributed by atoms with Crippen molar-refractivity contribution >= 4 is 46.2 Å². The number of nitro groups is 1. The van der Waals surface area contributed by atoms with Crippen molar-refractivity contribution in [3.8, 4) is 0 Å². The van der Waals surface area contributed by atoms with Crippen LogP contribution < -0.4 is 15.5 Å². The average Bonchev–Trinajstić information content (AvgIpc) is 2.89. The van der Waals surface area contributed by atoms with Crippen molar-refractivity contribution in [2.75, 3.05) is 36.4 Å². The van der Waals surface area contributed by atoms with Crippen LogP contribution in [0.15, 0.2) is 72.8 Å². The Morgan fingerprint density at radius 2 is 1.50 bits per heavy atom. The number of aryl methyl sites for hydroxylation is 1. The molecule has 1 saturated heterocycles. The molecule has 1 aliphatic rings. The number of hydrogen-bond donors (Lipinski definition) is 2. The summed E-state index contributed by atoms with van der Waals surface area (Å²) in [5.41, 5.74) is 3.04. The molecule has 0 bridgehead atoms. The van der Waals surface area contributed by atoms with Gasteiger partial charge in [0, 0.05) is 49.2 Å². The van der Waals surface area contributed by atoms with Crippen LogP contribution in [0, 0.1) is 17.0 Å². The quantitative estimate of drug-likeness (QED) is 0.308. The maximum absolute atomic E-state index is 12.9. The summed E-state index contributed by atoms with van der Waals surface area (Å²) in [5.74, 6) is -0.599. The second-order valence-corrected chi connectivity index (χ2v) is 8.73. The summed E-state index contributed by atoms with van der Waals surface area (Å²) in [5, 5.41) is 16.6. The third-order valence-corrected chi connectivity index (χ3v) is 6.21. The molecule has 3 aromatic rings. The zero-order valence-electron chi connectivity index (χ0n) is 19.6. The number of thiocarbonyl (C=S) groups is 1. The van der Waals surface area contributed by atoms with Gasteiger partial charge in [0.05, 0.1) is 4.92 Å². The Morgan fingerprint density at radius 3 is 2.14 bits per heavy atom. The Balaban J connectivity index is 1.31. The highest BCUT2D eigenvalue weighted by Gasteiger charge is 2.23. The van der Waals surface area contributed by atoms with E-state index in [2.05, 4.69) is 15.5 Å². The monoisotopic (exact) mass is 503 g/mol. The van der Waals surface area contributed by atoms with Crippen LogP contribution in [0.2, 0.25) is 0 Å². The predicted octanol–water partition coefficient (Wildman–Crippen LogP) is 3.99. The molecule has 2 amide bonds. The van der Waals surface area contributed by atoms with Crippen molar-refractivity contribution in [2.45, 2.75) is 6.92 Å². The van der Waals surface area contributed by atoms with Crippen LogP contribution in [0.1, 0.15) is 26.3 Å². The molecule has 1 aliphatic heterocycles. The highest BCUT2D eigenvalue weighted by molar-refractivity contribution is 7.80. The maximum Gasteiger partial charge on any atom is 0.282 e. The number of nitro benzene ring substituents is 1. The Bertz CT molecular complexity index is 1300. The number of anilines is 2. The van der Waals surface area contributed by atoms with Crippen molar-refractivity contribution in [3.63, 3.8) is 0 Å². The number of para-hydroxylation sites is 1. The highest BCUT2D eigenvalue weighted by atomic mass is 32.1. The van der Waals surface area contributed by atoms with Crippen molar-refractivity contribution in [1.29, 1.82) is 0 Å². The minimum atomic E-state index is -0.658. The minimum Gasteiger partial charge on any atom is -0.368 e. The Morgan fingerprint density at radius 1 is 0.889 bits per heavy atom. The third kappa shape index (κ3) is 5.66. The second-order valence-electron chi connectivity index (χ2n) is 8.32. The van der Waals surface area contributed by atoms with Gasteiger partial charge in [0.2, 0.25) is 0 Å². The predicted molar refractivity (Wildman–Crippen MR) is 143 cm³/mol. The Labute approximate surface area is 213 Å². The summed E-state index contributed by atoms with van der Waals surface area (Å²) in [6, 6.07) is 20.9. The molecule has 3 aromatic carbocycles. The van der Waals surface area contributed by atoms with Crippen LogP contribution in [-0.4, -0.2) is 52.9 Å². The number of carbonyl (C=O) groups is 2. The van der Waals surface area contributed by atoms with E-state index < -0.39 is 10.8 Å². The fourth-order valence-corrected chi connectivity index (χ4v) is 4.27. The number of amides is 2.